The molecule has 40 heavy (non-hydrogen) atoms. The summed E-state index contributed by atoms with van der Waals surface area (Å²) in [6.07, 6.45) is 1.21. The van der Waals surface area contributed by atoms with Crippen molar-refractivity contribution < 1.29 is 34.2 Å². The van der Waals surface area contributed by atoms with Gasteiger partial charge in [-0.15, -0.1) is 0 Å². The van der Waals surface area contributed by atoms with E-state index >= 15 is 0 Å². The minimum atomic E-state index is -1.64. The summed E-state index contributed by atoms with van der Waals surface area (Å²) in [4.78, 5) is 68.1. The zero-order chi connectivity index (χ0) is 29.8. The molecule has 4 unspecified atom stereocenters. The van der Waals surface area contributed by atoms with Gasteiger partial charge in [0, 0.05) is 29.4 Å². The van der Waals surface area contributed by atoms with E-state index in [9.17, 15) is 34.2 Å². The fraction of sp³-hybridized carbons (Fsp3) is 0.417. The summed E-state index contributed by atoms with van der Waals surface area (Å²) >= 11 is 4.08. The number of guanidine groups is 1. The monoisotopic (exact) mass is 578 g/mol. The Bertz CT molecular complexity index is 1250. The van der Waals surface area contributed by atoms with E-state index in [2.05, 4.69) is 38.6 Å². The van der Waals surface area contributed by atoms with Crippen LogP contribution in [0, 0.1) is 0 Å². The van der Waals surface area contributed by atoms with Gasteiger partial charge in [0.1, 0.15) is 18.1 Å². The van der Waals surface area contributed by atoms with Gasteiger partial charge in [-0.2, -0.15) is 12.6 Å². The molecule has 1 aromatic carbocycles. The molecule has 0 aliphatic carbocycles. The smallest absolute Gasteiger partial charge is 0.326 e. The molecule has 1 heterocycles. The van der Waals surface area contributed by atoms with Crippen molar-refractivity contribution in [2.45, 2.75) is 49.9 Å². The van der Waals surface area contributed by atoms with Gasteiger partial charge in [0.05, 0.1) is 12.5 Å². The van der Waals surface area contributed by atoms with E-state index in [-0.39, 0.29) is 37.5 Å². The summed E-state index contributed by atoms with van der Waals surface area (Å²) < 4.78 is 0. The molecule has 0 bridgehead atoms. The van der Waals surface area contributed by atoms with Crippen molar-refractivity contribution in [3.05, 3.63) is 36.0 Å². The average molecular weight is 579 g/mol. The second kappa shape index (κ2) is 15.3. The molecule has 0 saturated carbocycles. The summed E-state index contributed by atoms with van der Waals surface area (Å²) in [5.41, 5.74) is 18.2. The van der Waals surface area contributed by atoms with Crippen LogP contribution in [0.5, 0.6) is 0 Å². The van der Waals surface area contributed by atoms with Crippen LogP contribution in [0.25, 0.3) is 10.9 Å². The summed E-state index contributed by atoms with van der Waals surface area (Å²) in [5, 5.41) is 26.5. The lowest BCUT2D eigenvalue weighted by molar-refractivity contribution is -0.143. The number of aliphatic carboxylic acids is 2. The van der Waals surface area contributed by atoms with Gasteiger partial charge in [0.25, 0.3) is 0 Å². The first-order valence-electron chi connectivity index (χ1n) is 12.3. The molecule has 0 aliphatic heterocycles. The van der Waals surface area contributed by atoms with Crippen molar-refractivity contribution in [3.8, 4) is 0 Å². The highest BCUT2D eigenvalue weighted by Crippen LogP contribution is 2.18. The molecule has 2 aromatic rings. The van der Waals surface area contributed by atoms with Crippen molar-refractivity contribution in [1.82, 2.24) is 20.9 Å². The molecule has 3 amide bonds. The van der Waals surface area contributed by atoms with Gasteiger partial charge in [-0.25, -0.2) is 4.79 Å². The van der Waals surface area contributed by atoms with Crippen molar-refractivity contribution in [2.75, 3.05) is 12.3 Å². The lowest BCUT2D eigenvalue weighted by atomic mass is 10.0. The molecule has 12 N–H and O–H groups in total. The van der Waals surface area contributed by atoms with Crippen LogP contribution >= 0.6 is 12.6 Å². The Morgan fingerprint density at radius 1 is 0.950 bits per heavy atom. The lowest BCUT2D eigenvalue weighted by Crippen LogP contribution is -2.58. The Labute approximate surface area is 234 Å². The first-order chi connectivity index (χ1) is 18.9. The first kappa shape index (κ1) is 31.9. The zero-order valence-electron chi connectivity index (χ0n) is 21.5. The number of fused-ring (bicyclic) bond motifs is 1. The lowest BCUT2D eigenvalue weighted by Gasteiger charge is -2.24. The number of carbonyl (C=O) groups excluding carboxylic acids is 3. The zero-order valence-corrected chi connectivity index (χ0v) is 22.4. The summed E-state index contributed by atoms with van der Waals surface area (Å²) in [5.74, 6) is -5.76. The van der Waals surface area contributed by atoms with E-state index < -0.39 is 60.2 Å². The largest absolute Gasteiger partial charge is 0.481 e. The maximum atomic E-state index is 12.9. The Morgan fingerprint density at radius 2 is 1.57 bits per heavy atom. The molecule has 0 fully saturated rings. The SMILES string of the molecule is NC(N)=NCCCC(NC(=O)C(CC(=O)O)NC(=O)C(CS)NC(=O)C(N)Cc1c[nH]c2ccccc12)C(=O)O. The van der Waals surface area contributed by atoms with Crippen LogP contribution in [0.1, 0.15) is 24.8 Å². The molecule has 0 radical (unpaired) electrons. The second-order valence-corrected chi connectivity index (χ2v) is 9.29. The molecule has 0 saturated heterocycles. The number of hydrogen-bond acceptors (Lipinski definition) is 8. The number of nitrogens with two attached hydrogens (primary N) is 3. The summed E-state index contributed by atoms with van der Waals surface area (Å²) in [6.45, 7) is 0.114. The number of benzene rings is 1. The minimum absolute atomic E-state index is 0.0603. The number of nitrogens with one attached hydrogen (secondary N) is 4. The van der Waals surface area contributed by atoms with Crippen molar-refractivity contribution >= 4 is 59.2 Å². The number of carboxylic acids is 2. The van der Waals surface area contributed by atoms with Crippen LogP contribution in [0.15, 0.2) is 35.5 Å². The van der Waals surface area contributed by atoms with E-state index in [1.54, 1.807) is 6.20 Å². The number of carbonyl (C=O) groups is 5. The number of aromatic amines is 1. The molecular weight excluding hydrogens is 544 g/mol. The molecular formula is C24H34N8O7S. The summed E-state index contributed by atoms with van der Waals surface area (Å²) in [6, 6.07) is 2.15. The number of carboxylic acid groups (broad SMARTS) is 2. The highest BCUT2D eigenvalue weighted by atomic mass is 32.1. The number of aromatic nitrogens is 1. The van der Waals surface area contributed by atoms with Crippen LogP contribution in [0.2, 0.25) is 0 Å². The van der Waals surface area contributed by atoms with Gasteiger partial charge >= 0.3 is 11.9 Å². The molecule has 1 aromatic heterocycles. The maximum Gasteiger partial charge on any atom is 0.326 e. The third-order valence-corrected chi connectivity index (χ3v) is 6.20. The fourth-order valence-corrected chi connectivity index (χ4v) is 4.05. The van der Waals surface area contributed by atoms with Crippen LogP contribution in [-0.2, 0) is 30.4 Å². The van der Waals surface area contributed by atoms with Crippen LogP contribution in [0.3, 0.4) is 0 Å². The number of rotatable bonds is 16. The number of hydrogen-bond donors (Lipinski definition) is 10. The third kappa shape index (κ3) is 9.77. The predicted molar refractivity (Wildman–Crippen MR) is 149 cm³/mol. The van der Waals surface area contributed by atoms with E-state index in [0.717, 1.165) is 16.5 Å². The number of nitrogens with zero attached hydrogens (tertiary/aromatic N) is 1. The maximum absolute atomic E-state index is 12.9. The molecule has 4 atom stereocenters. The van der Waals surface area contributed by atoms with Crippen LogP contribution in [0.4, 0.5) is 0 Å². The highest BCUT2D eigenvalue weighted by Gasteiger charge is 2.31. The number of H-pyrrole nitrogens is 1. The summed E-state index contributed by atoms with van der Waals surface area (Å²) in [7, 11) is 0. The van der Waals surface area contributed by atoms with E-state index in [0.29, 0.717) is 0 Å². The van der Waals surface area contributed by atoms with Gasteiger partial charge in [-0.1, -0.05) is 18.2 Å². The molecule has 0 aliphatic rings. The Balaban J connectivity index is 2.02. The Hall–Kier alpha value is -4.31. The number of thiol groups is 1. The van der Waals surface area contributed by atoms with E-state index in [1.165, 1.54) is 0 Å². The van der Waals surface area contributed by atoms with Gasteiger partial charge in [0.2, 0.25) is 17.7 Å². The molecule has 15 nitrogen and oxygen atoms in total. The number of aliphatic imine (C=N–C) groups is 1. The average Bonchev–Trinajstić information content (AvgIpc) is 3.30. The van der Waals surface area contributed by atoms with Gasteiger partial charge in [-0.05, 0) is 30.9 Å². The number of amides is 3. The fourth-order valence-electron chi connectivity index (χ4n) is 3.79. The standard InChI is InChI=1S/C24H34N8O7S/c25-14(8-12-10-29-15-5-2-1-4-13(12)15)20(35)32-18(11-40)22(37)31-17(9-19(33)34)21(36)30-16(23(38)39)6-3-7-28-24(26)27/h1-2,4-5,10,14,16-18,29,40H,3,6-9,11,25H2,(H,30,36)(H,31,37)(H,32,35)(H,33,34)(H,38,39)(H4,26,27,28). The molecule has 0 spiro atoms. The Morgan fingerprint density at radius 3 is 2.20 bits per heavy atom. The van der Waals surface area contributed by atoms with Crippen molar-refractivity contribution in [1.29, 1.82) is 0 Å². The minimum Gasteiger partial charge on any atom is -0.481 e. The molecule has 16 heteroatoms. The van der Waals surface area contributed by atoms with Crippen molar-refractivity contribution in [2.24, 2.45) is 22.2 Å². The van der Waals surface area contributed by atoms with E-state index in [4.69, 9.17) is 17.2 Å². The van der Waals surface area contributed by atoms with Gasteiger partial charge < -0.3 is 48.3 Å². The molecule has 2 rings (SSSR count). The highest BCUT2D eigenvalue weighted by molar-refractivity contribution is 7.80. The first-order valence-corrected chi connectivity index (χ1v) is 12.9. The normalized spacial score (nSPS) is 13.8. The topological polar surface area (TPSA) is 268 Å². The van der Waals surface area contributed by atoms with Crippen LogP contribution < -0.4 is 33.2 Å². The number of para-hydroxylation sites is 1. The quantitative estimate of drug-likeness (QED) is 0.0454. The van der Waals surface area contributed by atoms with Gasteiger partial charge in [0.15, 0.2) is 5.96 Å². The molecule has 218 valence electrons. The van der Waals surface area contributed by atoms with E-state index in [1.807, 2.05) is 24.3 Å². The van der Waals surface area contributed by atoms with Crippen molar-refractivity contribution in [3.63, 3.8) is 0 Å². The second-order valence-electron chi connectivity index (χ2n) is 8.92. The Kier molecular flexibility index (Phi) is 12.2. The predicted octanol–water partition coefficient (Wildman–Crippen LogP) is -1.97. The van der Waals surface area contributed by atoms with Crippen LogP contribution in [-0.4, -0.2) is 87.3 Å². The third-order valence-electron chi connectivity index (χ3n) is 5.84. The van der Waals surface area contributed by atoms with Gasteiger partial charge in [-0.3, -0.25) is 24.2 Å².